The van der Waals surface area contributed by atoms with E-state index < -0.39 is 6.55 Å². The second-order valence-electron chi connectivity index (χ2n) is 7.13. The Hall–Kier alpha value is -2.21. The van der Waals surface area contributed by atoms with Gasteiger partial charge in [-0.3, -0.25) is 9.36 Å². The first-order valence-corrected chi connectivity index (χ1v) is 9.00. The highest BCUT2D eigenvalue weighted by Gasteiger charge is 2.40. The Kier molecular flexibility index (Phi) is 4.53. The van der Waals surface area contributed by atoms with Crippen molar-refractivity contribution in [2.45, 2.75) is 38.5 Å². The fourth-order valence-corrected chi connectivity index (χ4v) is 3.68. The van der Waals surface area contributed by atoms with Gasteiger partial charge in [-0.05, 0) is 43.4 Å². The van der Waals surface area contributed by atoms with E-state index in [4.69, 9.17) is 4.74 Å². The molecule has 0 unspecified atom stereocenters. The van der Waals surface area contributed by atoms with E-state index in [9.17, 15) is 13.6 Å². The van der Waals surface area contributed by atoms with Crippen LogP contribution in [0.5, 0.6) is 0 Å². The molecule has 2 atom stereocenters. The second kappa shape index (κ2) is 6.83. The first kappa shape index (κ1) is 17.2. The Balaban J connectivity index is 1.61. The highest BCUT2D eigenvalue weighted by atomic mass is 19.3. The van der Waals surface area contributed by atoms with Crippen molar-refractivity contribution in [1.29, 1.82) is 0 Å². The summed E-state index contributed by atoms with van der Waals surface area (Å²) in [5, 5.41) is 0. The van der Waals surface area contributed by atoms with Gasteiger partial charge in [-0.15, -0.1) is 0 Å². The minimum atomic E-state index is -2.73. The standard InChI is InChI=1S/C20H22F2N2O2/c1-13-7-10-16(24(13)20(21)22)19(25)23-11-17(14-5-3-2-4-6-14)26-18(12-23)15-8-9-15/h2-7,10,15,17-18,20H,8-9,11-12H2,1H3/t17-,18+/m0/s1. The molecule has 2 heterocycles. The minimum Gasteiger partial charge on any atom is -0.366 e. The normalized spacial score (nSPS) is 23.5. The number of aryl methyl sites for hydroxylation is 1. The lowest BCUT2D eigenvalue weighted by atomic mass is 10.0. The second-order valence-corrected chi connectivity index (χ2v) is 7.13. The molecule has 1 saturated carbocycles. The molecule has 1 aromatic carbocycles. The Morgan fingerprint density at radius 1 is 1.12 bits per heavy atom. The number of carbonyl (C=O) groups excluding carboxylic acids is 1. The summed E-state index contributed by atoms with van der Waals surface area (Å²) in [6.45, 7) is -0.309. The van der Waals surface area contributed by atoms with Gasteiger partial charge < -0.3 is 9.64 Å². The quantitative estimate of drug-likeness (QED) is 0.820. The van der Waals surface area contributed by atoms with Crippen molar-refractivity contribution in [2.75, 3.05) is 13.1 Å². The highest BCUT2D eigenvalue weighted by molar-refractivity contribution is 5.93. The van der Waals surface area contributed by atoms with Crippen LogP contribution in [0, 0.1) is 12.8 Å². The SMILES string of the molecule is Cc1ccc(C(=O)N2C[C@@H](c3ccccc3)O[C@@H](C3CC3)C2)n1C(F)F. The highest BCUT2D eigenvalue weighted by Crippen LogP contribution is 2.39. The number of rotatable bonds is 4. The number of nitrogens with zero attached hydrogens (tertiary/aromatic N) is 2. The molecular formula is C20H22F2N2O2. The zero-order valence-electron chi connectivity index (χ0n) is 14.6. The number of amides is 1. The molecule has 2 fully saturated rings. The van der Waals surface area contributed by atoms with Gasteiger partial charge in [0.2, 0.25) is 0 Å². The van der Waals surface area contributed by atoms with E-state index in [1.807, 2.05) is 30.3 Å². The summed E-state index contributed by atoms with van der Waals surface area (Å²) < 4.78 is 33.8. The summed E-state index contributed by atoms with van der Waals surface area (Å²) >= 11 is 0. The number of alkyl halides is 2. The van der Waals surface area contributed by atoms with Gasteiger partial charge in [-0.1, -0.05) is 30.3 Å². The molecule has 1 aromatic heterocycles. The molecule has 1 aliphatic heterocycles. The first-order valence-electron chi connectivity index (χ1n) is 9.00. The van der Waals surface area contributed by atoms with E-state index in [0.717, 1.165) is 23.0 Å². The van der Waals surface area contributed by atoms with Gasteiger partial charge in [0.05, 0.1) is 12.6 Å². The number of carbonyl (C=O) groups is 1. The van der Waals surface area contributed by atoms with Crippen molar-refractivity contribution in [3.8, 4) is 0 Å². The van der Waals surface area contributed by atoms with Gasteiger partial charge >= 0.3 is 6.55 Å². The first-order chi connectivity index (χ1) is 12.5. The van der Waals surface area contributed by atoms with E-state index in [2.05, 4.69) is 0 Å². The third-order valence-corrected chi connectivity index (χ3v) is 5.27. The van der Waals surface area contributed by atoms with Crippen LogP contribution in [0.4, 0.5) is 8.78 Å². The molecule has 1 aliphatic carbocycles. The molecule has 2 aliphatic rings. The maximum atomic E-state index is 13.4. The number of halogens is 2. The van der Waals surface area contributed by atoms with Gasteiger partial charge in [0, 0.05) is 12.2 Å². The van der Waals surface area contributed by atoms with Crippen LogP contribution < -0.4 is 0 Å². The summed E-state index contributed by atoms with van der Waals surface area (Å²) in [6.07, 6.45) is 1.94. The molecule has 26 heavy (non-hydrogen) atoms. The molecular weight excluding hydrogens is 338 g/mol. The molecule has 138 valence electrons. The van der Waals surface area contributed by atoms with E-state index in [-0.39, 0.29) is 23.8 Å². The Morgan fingerprint density at radius 2 is 1.85 bits per heavy atom. The molecule has 0 bridgehead atoms. The van der Waals surface area contributed by atoms with Crippen molar-refractivity contribution in [3.63, 3.8) is 0 Å². The molecule has 6 heteroatoms. The Bertz CT molecular complexity index is 786. The number of hydrogen-bond acceptors (Lipinski definition) is 2. The summed E-state index contributed by atoms with van der Waals surface area (Å²) in [7, 11) is 0. The lowest BCUT2D eigenvalue weighted by Crippen LogP contribution is -2.48. The summed E-state index contributed by atoms with van der Waals surface area (Å²) in [5.41, 5.74) is 1.44. The van der Waals surface area contributed by atoms with Crippen LogP contribution in [0.2, 0.25) is 0 Å². The topological polar surface area (TPSA) is 34.5 Å². The Labute approximate surface area is 151 Å². The van der Waals surface area contributed by atoms with Crippen molar-refractivity contribution in [3.05, 3.63) is 59.4 Å². The van der Waals surface area contributed by atoms with Crippen molar-refractivity contribution in [1.82, 2.24) is 9.47 Å². The maximum absolute atomic E-state index is 13.4. The third kappa shape index (κ3) is 3.26. The number of ether oxygens (including phenoxy) is 1. The molecule has 4 nitrogen and oxygen atoms in total. The van der Waals surface area contributed by atoms with Crippen molar-refractivity contribution >= 4 is 5.91 Å². The monoisotopic (exact) mass is 360 g/mol. The van der Waals surface area contributed by atoms with Crippen LogP contribution in [0.3, 0.4) is 0 Å². The molecule has 4 rings (SSSR count). The minimum absolute atomic E-state index is 0.0334. The van der Waals surface area contributed by atoms with E-state index in [0.29, 0.717) is 24.7 Å². The predicted molar refractivity (Wildman–Crippen MR) is 93.1 cm³/mol. The summed E-state index contributed by atoms with van der Waals surface area (Å²) in [5.74, 6) is 0.105. The lowest BCUT2D eigenvalue weighted by molar-refractivity contribution is -0.0867. The Morgan fingerprint density at radius 3 is 2.50 bits per heavy atom. The van der Waals surface area contributed by atoms with Crippen LogP contribution in [0.1, 0.15) is 47.2 Å². The van der Waals surface area contributed by atoms with Gasteiger partial charge in [-0.2, -0.15) is 8.78 Å². The van der Waals surface area contributed by atoms with Crippen LogP contribution >= 0.6 is 0 Å². The molecule has 1 saturated heterocycles. The number of morpholine rings is 1. The fourth-order valence-electron chi connectivity index (χ4n) is 3.68. The lowest BCUT2D eigenvalue weighted by Gasteiger charge is -2.38. The van der Waals surface area contributed by atoms with Gasteiger partial charge in [0.1, 0.15) is 11.8 Å². The number of aromatic nitrogens is 1. The largest absolute Gasteiger partial charge is 0.366 e. The van der Waals surface area contributed by atoms with Gasteiger partial charge in [0.15, 0.2) is 0 Å². The molecule has 2 aromatic rings. The van der Waals surface area contributed by atoms with Crippen LogP contribution in [0.25, 0.3) is 0 Å². The van der Waals surface area contributed by atoms with E-state index in [1.54, 1.807) is 17.9 Å². The predicted octanol–water partition coefficient (Wildman–Crippen LogP) is 4.18. The van der Waals surface area contributed by atoms with Crippen LogP contribution in [-0.2, 0) is 4.74 Å². The molecule has 0 spiro atoms. The third-order valence-electron chi connectivity index (χ3n) is 5.27. The average Bonchev–Trinajstić information content (AvgIpc) is 3.43. The van der Waals surface area contributed by atoms with Gasteiger partial charge in [0.25, 0.3) is 5.91 Å². The van der Waals surface area contributed by atoms with Crippen LogP contribution in [-0.4, -0.2) is 34.6 Å². The number of hydrogen-bond donors (Lipinski definition) is 0. The van der Waals surface area contributed by atoms with Crippen molar-refractivity contribution < 1.29 is 18.3 Å². The zero-order valence-corrected chi connectivity index (χ0v) is 14.6. The smallest absolute Gasteiger partial charge is 0.319 e. The van der Waals surface area contributed by atoms with Gasteiger partial charge in [-0.25, -0.2) is 0 Å². The van der Waals surface area contributed by atoms with E-state index in [1.165, 1.54) is 6.07 Å². The molecule has 1 amide bonds. The fraction of sp³-hybridized carbons (Fsp3) is 0.450. The zero-order chi connectivity index (χ0) is 18.3. The van der Waals surface area contributed by atoms with Crippen LogP contribution in [0.15, 0.2) is 42.5 Å². The summed E-state index contributed by atoms with van der Waals surface area (Å²) in [4.78, 5) is 14.7. The average molecular weight is 360 g/mol. The maximum Gasteiger partial charge on any atom is 0.319 e. The molecule has 0 radical (unpaired) electrons. The van der Waals surface area contributed by atoms with Crippen molar-refractivity contribution in [2.24, 2.45) is 5.92 Å². The number of benzene rings is 1. The summed E-state index contributed by atoms with van der Waals surface area (Å²) in [6, 6.07) is 12.8. The molecule has 0 N–H and O–H groups in total. The van der Waals surface area contributed by atoms with E-state index >= 15 is 0 Å².